The number of halogens is 4. The van der Waals surface area contributed by atoms with Crippen LogP contribution in [0, 0.1) is 23.3 Å². The van der Waals surface area contributed by atoms with Gasteiger partial charge in [-0.1, -0.05) is 158 Å². The highest BCUT2D eigenvalue weighted by Gasteiger charge is 2.09. The van der Waals surface area contributed by atoms with Gasteiger partial charge in [-0.25, -0.2) is 17.6 Å². The fourth-order valence-corrected chi connectivity index (χ4v) is 6.93. The summed E-state index contributed by atoms with van der Waals surface area (Å²) in [7, 11) is 0. The number of hydrogen-bond donors (Lipinski definition) is 0. The summed E-state index contributed by atoms with van der Waals surface area (Å²) in [5, 5.41) is 2.27. The van der Waals surface area contributed by atoms with Crippen molar-refractivity contribution in [3.63, 3.8) is 0 Å². The van der Waals surface area contributed by atoms with E-state index in [0.717, 1.165) is 77.6 Å². The minimum Gasteiger partial charge on any atom is -0.207 e. The molecule has 8 aromatic rings. The van der Waals surface area contributed by atoms with E-state index in [4.69, 9.17) is 0 Å². The van der Waals surface area contributed by atoms with E-state index in [1.165, 1.54) is 48.5 Å². The van der Waals surface area contributed by atoms with Crippen LogP contribution in [0.4, 0.5) is 17.6 Å². The zero-order chi connectivity index (χ0) is 39.8. The van der Waals surface area contributed by atoms with Crippen LogP contribution >= 0.6 is 0 Å². The maximum atomic E-state index is 13.7. The fourth-order valence-electron chi connectivity index (χ4n) is 6.93. The van der Waals surface area contributed by atoms with Crippen molar-refractivity contribution in [3.05, 3.63) is 261 Å². The van der Waals surface area contributed by atoms with Crippen molar-refractivity contribution in [1.29, 1.82) is 0 Å². The molecule has 0 aliphatic rings. The van der Waals surface area contributed by atoms with Crippen molar-refractivity contribution in [2.24, 2.45) is 0 Å². The van der Waals surface area contributed by atoms with E-state index in [9.17, 15) is 17.6 Å². The first-order valence-electron chi connectivity index (χ1n) is 18.9. The van der Waals surface area contributed by atoms with Crippen LogP contribution in [-0.4, -0.2) is 0 Å². The van der Waals surface area contributed by atoms with Crippen molar-refractivity contribution in [3.8, 4) is 0 Å². The predicted octanol–water partition coefficient (Wildman–Crippen LogP) is 14.9. The molecule has 0 radical (unpaired) electrons. The topological polar surface area (TPSA) is 0 Å². The lowest BCUT2D eigenvalue weighted by Gasteiger charge is -2.10. The van der Waals surface area contributed by atoms with E-state index in [1.54, 1.807) is 48.5 Å². The van der Waals surface area contributed by atoms with Gasteiger partial charge in [-0.15, -0.1) is 0 Å². The van der Waals surface area contributed by atoms with Crippen LogP contribution < -0.4 is 0 Å². The van der Waals surface area contributed by atoms with Crippen LogP contribution in [0.25, 0.3) is 58.4 Å². The molecule has 58 heavy (non-hydrogen) atoms. The molecule has 0 unspecified atom stereocenters. The third-order valence-corrected chi connectivity index (χ3v) is 10.0. The summed E-state index contributed by atoms with van der Waals surface area (Å²) < 4.78 is 54.9. The molecule has 0 bridgehead atoms. The van der Waals surface area contributed by atoms with Gasteiger partial charge in [0.05, 0.1) is 0 Å². The van der Waals surface area contributed by atoms with E-state index >= 15 is 0 Å². The van der Waals surface area contributed by atoms with E-state index in [1.807, 2.05) is 48.6 Å². The van der Waals surface area contributed by atoms with Gasteiger partial charge < -0.3 is 0 Å². The van der Waals surface area contributed by atoms with Gasteiger partial charge in [-0.05, 0) is 138 Å². The van der Waals surface area contributed by atoms with Crippen LogP contribution in [0.2, 0.25) is 0 Å². The highest BCUT2D eigenvalue weighted by Crippen LogP contribution is 2.30. The molecule has 0 N–H and O–H groups in total. The smallest absolute Gasteiger partial charge is 0.123 e. The number of benzene rings is 8. The molecule has 0 saturated heterocycles. The maximum Gasteiger partial charge on any atom is 0.123 e. The van der Waals surface area contributed by atoms with Gasteiger partial charge in [0.1, 0.15) is 23.3 Å². The van der Waals surface area contributed by atoms with Crippen LogP contribution in [0.5, 0.6) is 0 Å². The summed E-state index contributed by atoms with van der Waals surface area (Å²) in [6.07, 6.45) is 12.5. The molecule has 280 valence electrons. The zero-order valence-electron chi connectivity index (χ0n) is 31.3. The molecule has 4 heteroatoms. The number of rotatable bonds is 10. The summed E-state index contributed by atoms with van der Waals surface area (Å²) in [6.45, 7) is 0. The normalized spacial score (nSPS) is 11.3. The Morgan fingerprint density at radius 1 is 0.276 bits per heavy atom. The molecule has 0 amide bonds. The molecule has 8 aromatic carbocycles. The van der Waals surface area contributed by atoms with Crippen molar-refractivity contribution in [2.45, 2.75) is 0 Å². The monoisotopic (exact) mass is 760 g/mol. The lowest BCUT2D eigenvalue weighted by Crippen LogP contribution is -1.90. The summed E-state index contributed by atoms with van der Waals surface area (Å²) in [5.74, 6) is -1.24. The summed E-state index contributed by atoms with van der Waals surface area (Å²) in [5.41, 5.74) is 11.3. The molecule has 0 fully saturated rings. The predicted molar refractivity (Wildman–Crippen MR) is 234 cm³/mol. The second-order valence-electron chi connectivity index (χ2n) is 13.9. The largest absolute Gasteiger partial charge is 0.207 e. The highest BCUT2D eigenvalue weighted by molar-refractivity contribution is 5.99. The van der Waals surface area contributed by atoms with Gasteiger partial charge in [0.15, 0.2) is 0 Å². The summed E-state index contributed by atoms with van der Waals surface area (Å²) >= 11 is 0. The van der Waals surface area contributed by atoms with Crippen molar-refractivity contribution < 1.29 is 17.6 Å². The minimum atomic E-state index is -0.311. The van der Waals surface area contributed by atoms with Crippen LogP contribution in [0.1, 0.15) is 55.6 Å². The van der Waals surface area contributed by atoms with E-state index in [0.29, 0.717) is 0 Å². The quantitative estimate of drug-likeness (QED) is 0.0962. The maximum absolute atomic E-state index is 13.7. The Kier molecular flexibility index (Phi) is 11.2. The SMILES string of the molecule is Fc1ccc(C(=Cc2ccc(C=Cc3ccc(C=Cc4ccc(C=C(c5ccc(F)cc5)c5ccc(F)cc5)cc4)c4ccccc34)cc2)c2ccc(F)cc2)cc1. The van der Waals surface area contributed by atoms with Crippen molar-refractivity contribution in [2.75, 3.05) is 0 Å². The highest BCUT2D eigenvalue weighted by atomic mass is 19.1. The molecule has 0 nitrogen and oxygen atoms in total. The molecular weight excluding hydrogens is 725 g/mol. The van der Waals surface area contributed by atoms with Gasteiger partial charge in [0.2, 0.25) is 0 Å². The first kappa shape index (κ1) is 37.6. The molecule has 0 spiro atoms. The lowest BCUT2D eigenvalue weighted by atomic mass is 9.95. The molecule has 8 rings (SSSR count). The Balaban J connectivity index is 1.01. The van der Waals surface area contributed by atoms with E-state index in [2.05, 4.69) is 72.8 Å². The first-order chi connectivity index (χ1) is 28.3. The van der Waals surface area contributed by atoms with Crippen LogP contribution in [-0.2, 0) is 0 Å². The zero-order valence-corrected chi connectivity index (χ0v) is 31.3. The molecule has 0 aliphatic heterocycles. The molecular formula is C54H36F4. The van der Waals surface area contributed by atoms with Gasteiger partial charge in [0, 0.05) is 0 Å². The standard InChI is InChI=1S/C54H36F4/c55-47-27-19-43(20-28-47)53(44-21-29-48(56)30-22-44)35-39-9-5-37(6-10-39)13-15-41-17-18-42(52-4-2-1-3-51(41)52)16-14-38-7-11-40(12-8-38)36-54(45-23-31-49(57)32-24-45)46-25-33-50(58)34-26-46/h1-36H. The second-order valence-corrected chi connectivity index (χ2v) is 13.9. The number of fused-ring (bicyclic) bond motifs is 1. The summed E-state index contributed by atoms with van der Waals surface area (Å²) in [6, 6.07) is 54.3. The lowest BCUT2D eigenvalue weighted by molar-refractivity contribution is 0.627. The van der Waals surface area contributed by atoms with Crippen LogP contribution in [0.3, 0.4) is 0 Å². The Hall–Kier alpha value is -7.30. The Bertz CT molecular complexity index is 2500. The fraction of sp³-hybridized carbons (Fsp3) is 0. The summed E-state index contributed by atoms with van der Waals surface area (Å²) in [4.78, 5) is 0. The molecule has 0 aromatic heterocycles. The minimum absolute atomic E-state index is 0.311. The first-order valence-corrected chi connectivity index (χ1v) is 18.9. The van der Waals surface area contributed by atoms with E-state index in [-0.39, 0.29) is 23.3 Å². The number of hydrogen-bond acceptors (Lipinski definition) is 0. The Morgan fingerprint density at radius 3 is 0.845 bits per heavy atom. The van der Waals surface area contributed by atoms with Crippen molar-refractivity contribution in [1.82, 2.24) is 0 Å². The van der Waals surface area contributed by atoms with Gasteiger partial charge in [-0.3, -0.25) is 0 Å². The molecule has 0 atom stereocenters. The van der Waals surface area contributed by atoms with Gasteiger partial charge in [0.25, 0.3) is 0 Å². The van der Waals surface area contributed by atoms with Gasteiger partial charge in [-0.2, -0.15) is 0 Å². The van der Waals surface area contributed by atoms with Crippen molar-refractivity contribution >= 4 is 58.4 Å². The van der Waals surface area contributed by atoms with Gasteiger partial charge >= 0.3 is 0 Å². The average molecular weight is 761 g/mol. The Labute approximate surface area is 335 Å². The Morgan fingerprint density at radius 2 is 0.552 bits per heavy atom. The van der Waals surface area contributed by atoms with Crippen LogP contribution in [0.15, 0.2) is 182 Å². The van der Waals surface area contributed by atoms with E-state index < -0.39 is 0 Å². The third kappa shape index (κ3) is 9.04. The molecule has 0 heterocycles. The second kappa shape index (κ2) is 17.2. The molecule has 0 aliphatic carbocycles. The molecule has 0 saturated carbocycles. The third-order valence-electron chi connectivity index (χ3n) is 10.0. The average Bonchev–Trinajstić information content (AvgIpc) is 3.26.